The Kier molecular flexibility index (Phi) is 4.83. The first-order chi connectivity index (χ1) is 14.7. The maximum absolute atomic E-state index is 13.5. The van der Waals surface area contributed by atoms with Crippen LogP contribution >= 0.6 is 11.3 Å². The van der Waals surface area contributed by atoms with E-state index in [0.29, 0.717) is 17.7 Å². The Hall–Kier alpha value is -2.11. The van der Waals surface area contributed by atoms with Crippen molar-refractivity contribution in [1.29, 1.82) is 0 Å². The van der Waals surface area contributed by atoms with E-state index in [0.717, 1.165) is 5.01 Å². The minimum atomic E-state index is -3.78. The molecule has 1 atom stereocenters. The van der Waals surface area contributed by atoms with Crippen LogP contribution in [0.3, 0.4) is 0 Å². The highest BCUT2D eigenvalue weighted by molar-refractivity contribution is 7.89. The van der Waals surface area contributed by atoms with Crippen molar-refractivity contribution in [2.45, 2.75) is 35.2 Å². The molecular formula is C21H21N3O4S3. The summed E-state index contributed by atoms with van der Waals surface area (Å²) in [6.07, 6.45) is 0.387. The molecule has 5 rings (SSSR count). The lowest BCUT2D eigenvalue weighted by Gasteiger charge is -2.33. The molecule has 0 saturated carbocycles. The number of hydrogen-bond donors (Lipinski definition) is 0. The number of benzene rings is 2. The van der Waals surface area contributed by atoms with Crippen molar-refractivity contribution in [3.8, 4) is 0 Å². The minimum absolute atomic E-state index is 0.0730. The molecule has 0 bridgehead atoms. The normalized spacial score (nSPS) is 23.4. The third-order valence-corrected chi connectivity index (χ3v) is 10.7. The van der Waals surface area contributed by atoms with Gasteiger partial charge in [0.25, 0.3) is 0 Å². The van der Waals surface area contributed by atoms with Crippen LogP contribution in [0.5, 0.6) is 0 Å². The van der Waals surface area contributed by atoms with E-state index in [-0.39, 0.29) is 29.4 Å². The lowest BCUT2D eigenvalue weighted by molar-refractivity contribution is 0.202. The van der Waals surface area contributed by atoms with Crippen molar-refractivity contribution in [3.05, 3.63) is 76.2 Å². The van der Waals surface area contributed by atoms with Crippen molar-refractivity contribution >= 4 is 31.4 Å². The number of thiazole rings is 1. The average Bonchev–Trinajstić information content (AvgIpc) is 3.43. The van der Waals surface area contributed by atoms with Gasteiger partial charge in [-0.25, -0.2) is 21.8 Å². The predicted molar refractivity (Wildman–Crippen MR) is 118 cm³/mol. The Bertz CT molecular complexity index is 1350. The number of hydrogen-bond acceptors (Lipinski definition) is 6. The summed E-state index contributed by atoms with van der Waals surface area (Å²) in [7, 11) is -7.52. The first kappa shape index (κ1) is 20.8. The highest BCUT2D eigenvalue weighted by atomic mass is 32.2. The molecule has 162 valence electrons. The summed E-state index contributed by atoms with van der Waals surface area (Å²) in [4.78, 5) is 4.91. The van der Waals surface area contributed by atoms with E-state index < -0.39 is 25.6 Å². The van der Waals surface area contributed by atoms with E-state index in [1.165, 1.54) is 19.9 Å². The van der Waals surface area contributed by atoms with Crippen LogP contribution in [0.2, 0.25) is 0 Å². The Morgan fingerprint density at radius 1 is 1.10 bits per heavy atom. The molecule has 0 radical (unpaired) electrons. The number of sulfonamides is 2. The van der Waals surface area contributed by atoms with E-state index >= 15 is 0 Å². The second kappa shape index (κ2) is 7.21. The van der Waals surface area contributed by atoms with Gasteiger partial charge in [-0.15, -0.1) is 11.3 Å². The molecule has 31 heavy (non-hydrogen) atoms. The van der Waals surface area contributed by atoms with E-state index in [1.807, 2.05) is 12.3 Å². The maximum atomic E-state index is 13.5. The lowest BCUT2D eigenvalue weighted by atomic mass is 9.89. The maximum Gasteiger partial charge on any atom is 0.244 e. The van der Waals surface area contributed by atoms with Gasteiger partial charge >= 0.3 is 0 Å². The van der Waals surface area contributed by atoms with Gasteiger partial charge in [-0.05, 0) is 37.1 Å². The summed E-state index contributed by atoms with van der Waals surface area (Å²) in [5, 5.41) is 2.72. The van der Waals surface area contributed by atoms with Crippen molar-refractivity contribution in [2.24, 2.45) is 0 Å². The Balaban J connectivity index is 1.60. The summed E-state index contributed by atoms with van der Waals surface area (Å²) >= 11 is 1.47. The van der Waals surface area contributed by atoms with Crippen molar-refractivity contribution < 1.29 is 16.8 Å². The van der Waals surface area contributed by atoms with Crippen molar-refractivity contribution in [2.75, 3.05) is 13.1 Å². The van der Waals surface area contributed by atoms with Crippen LogP contribution in [0, 0.1) is 6.92 Å². The molecule has 1 saturated heterocycles. The Morgan fingerprint density at radius 2 is 1.81 bits per heavy atom. The number of rotatable bonds is 4. The zero-order valence-corrected chi connectivity index (χ0v) is 19.3. The fourth-order valence-corrected chi connectivity index (χ4v) is 8.70. The molecular weight excluding hydrogens is 454 g/mol. The molecule has 0 amide bonds. The Morgan fingerprint density at radius 3 is 2.52 bits per heavy atom. The average molecular weight is 476 g/mol. The van der Waals surface area contributed by atoms with Crippen LogP contribution in [-0.4, -0.2) is 43.5 Å². The van der Waals surface area contributed by atoms with Gasteiger partial charge < -0.3 is 0 Å². The van der Waals surface area contributed by atoms with Crippen LogP contribution in [0.25, 0.3) is 0 Å². The molecule has 1 spiro atoms. The van der Waals surface area contributed by atoms with Crippen LogP contribution in [0.4, 0.5) is 0 Å². The molecule has 3 aromatic rings. The number of aryl methyl sites for hydroxylation is 1. The third-order valence-electron chi connectivity index (χ3n) is 6.00. The molecule has 0 aliphatic carbocycles. The van der Waals surface area contributed by atoms with E-state index in [4.69, 9.17) is 0 Å². The van der Waals surface area contributed by atoms with Crippen LogP contribution in [0.1, 0.15) is 22.7 Å². The zero-order chi connectivity index (χ0) is 21.9. The van der Waals surface area contributed by atoms with Gasteiger partial charge in [-0.3, -0.25) is 0 Å². The second-order valence-corrected chi connectivity index (χ2v) is 12.6. The summed E-state index contributed by atoms with van der Waals surface area (Å²) < 4.78 is 56.4. The van der Waals surface area contributed by atoms with Crippen molar-refractivity contribution in [1.82, 2.24) is 13.6 Å². The molecule has 3 heterocycles. The number of fused-ring (bicyclic) bond motifs is 2. The molecule has 10 heteroatoms. The first-order valence-corrected chi connectivity index (χ1v) is 13.6. The second-order valence-electron chi connectivity index (χ2n) is 7.80. The van der Waals surface area contributed by atoms with E-state index in [2.05, 4.69) is 4.98 Å². The van der Waals surface area contributed by atoms with Gasteiger partial charge in [-0.2, -0.15) is 8.61 Å². The van der Waals surface area contributed by atoms with Gasteiger partial charge in [0.05, 0.1) is 32.6 Å². The van der Waals surface area contributed by atoms with Gasteiger partial charge in [0, 0.05) is 18.5 Å². The van der Waals surface area contributed by atoms with Crippen LogP contribution in [0.15, 0.2) is 69.8 Å². The lowest BCUT2D eigenvalue weighted by Crippen LogP contribution is -2.46. The summed E-state index contributed by atoms with van der Waals surface area (Å²) in [5.41, 5.74) is 0.379. The number of nitrogens with zero attached hydrogens (tertiary/aromatic N) is 3. The number of aromatic nitrogens is 1. The standard InChI is InChI=1S/C21H21N3O4S3/c1-16-22-17(14-29-16)13-24-21(19-9-5-6-10-20(19)31(24,27)28)11-12-23(15-21)30(25,26)18-7-3-2-4-8-18/h2-10,14H,11-13,15H2,1H3/t21-/m0/s1. The van der Waals surface area contributed by atoms with Gasteiger partial charge in [0.1, 0.15) is 0 Å². The van der Waals surface area contributed by atoms with Gasteiger partial charge in [0.15, 0.2) is 0 Å². The summed E-state index contributed by atoms with van der Waals surface area (Å²) in [6, 6.07) is 15.2. The molecule has 2 aliphatic rings. The monoisotopic (exact) mass is 475 g/mol. The van der Waals surface area contributed by atoms with Crippen molar-refractivity contribution in [3.63, 3.8) is 0 Å². The van der Waals surface area contributed by atoms with Crippen LogP contribution in [-0.2, 0) is 32.1 Å². The Labute approximate surface area is 186 Å². The van der Waals surface area contributed by atoms with E-state index in [9.17, 15) is 16.8 Å². The van der Waals surface area contributed by atoms with Gasteiger partial charge in [0.2, 0.25) is 20.0 Å². The van der Waals surface area contributed by atoms with Crippen LogP contribution < -0.4 is 0 Å². The third kappa shape index (κ3) is 3.16. The quantitative estimate of drug-likeness (QED) is 0.579. The topological polar surface area (TPSA) is 87.7 Å². The SMILES string of the molecule is Cc1nc(CN2[C@]3(CCN(S(=O)(=O)c4ccccc4)C3)c3ccccc3S2(=O)=O)cs1. The molecule has 2 aliphatic heterocycles. The summed E-state index contributed by atoms with van der Waals surface area (Å²) in [6.45, 7) is 2.30. The minimum Gasteiger partial charge on any atom is -0.245 e. The highest BCUT2D eigenvalue weighted by Crippen LogP contribution is 2.50. The fraction of sp³-hybridized carbons (Fsp3) is 0.286. The molecule has 7 nitrogen and oxygen atoms in total. The molecule has 0 N–H and O–H groups in total. The first-order valence-electron chi connectivity index (χ1n) is 9.84. The largest absolute Gasteiger partial charge is 0.245 e. The summed E-state index contributed by atoms with van der Waals surface area (Å²) in [5.74, 6) is 0. The molecule has 0 unspecified atom stereocenters. The fourth-order valence-electron chi connectivity index (χ4n) is 4.55. The highest BCUT2D eigenvalue weighted by Gasteiger charge is 2.58. The predicted octanol–water partition coefficient (Wildman–Crippen LogP) is 2.95. The zero-order valence-electron chi connectivity index (χ0n) is 16.8. The molecule has 1 fully saturated rings. The molecule has 2 aromatic carbocycles. The smallest absolute Gasteiger partial charge is 0.244 e. The molecule has 1 aromatic heterocycles. The van der Waals surface area contributed by atoms with E-state index in [1.54, 1.807) is 54.6 Å². The van der Waals surface area contributed by atoms with Gasteiger partial charge in [-0.1, -0.05) is 36.4 Å².